The highest BCUT2D eigenvalue weighted by atomic mass is 79.9. The summed E-state index contributed by atoms with van der Waals surface area (Å²) >= 11 is 7.58. The van der Waals surface area contributed by atoms with Crippen molar-refractivity contribution in [2.45, 2.75) is 44.9 Å². The number of alkyl halides is 1. The zero-order valence-electron chi connectivity index (χ0n) is 12.3. The third-order valence-electron chi connectivity index (χ3n) is 3.74. The number of hydrogen-bond donors (Lipinski definition) is 0. The van der Waals surface area contributed by atoms with Gasteiger partial charge < -0.3 is 9.47 Å². The number of ether oxygens (including phenoxy) is 2. The summed E-state index contributed by atoms with van der Waals surface area (Å²) in [6.07, 6.45) is 3.44. The first-order valence-electron chi connectivity index (χ1n) is 7.33. The normalized spacial score (nSPS) is 22.1. The fraction of sp³-hybridized carbons (Fsp3) is 0.625. The van der Waals surface area contributed by atoms with Gasteiger partial charge in [-0.3, -0.25) is 0 Å². The molecule has 2 atom stereocenters. The van der Waals surface area contributed by atoms with Crippen molar-refractivity contribution in [1.82, 2.24) is 0 Å². The van der Waals surface area contributed by atoms with Gasteiger partial charge in [0.05, 0.1) is 13.2 Å². The van der Waals surface area contributed by atoms with Gasteiger partial charge in [-0.15, -0.1) is 0 Å². The maximum absolute atomic E-state index is 5.93. The second kappa shape index (κ2) is 7.17. The molecule has 0 aliphatic heterocycles. The van der Waals surface area contributed by atoms with E-state index < -0.39 is 0 Å². The first-order chi connectivity index (χ1) is 9.58. The molecule has 4 heteroatoms. The number of halogens is 2. The second-order valence-corrected chi connectivity index (χ2v) is 7.25. The van der Waals surface area contributed by atoms with Gasteiger partial charge in [0.25, 0.3) is 0 Å². The highest BCUT2D eigenvalue weighted by Crippen LogP contribution is 2.48. The average molecular weight is 406 g/mol. The van der Waals surface area contributed by atoms with Crippen LogP contribution in [0, 0.1) is 5.92 Å². The highest BCUT2D eigenvalue weighted by Gasteiger charge is 2.28. The van der Waals surface area contributed by atoms with Crippen LogP contribution < -0.4 is 9.47 Å². The Morgan fingerprint density at radius 2 is 1.95 bits per heavy atom. The second-order valence-electron chi connectivity index (χ2n) is 5.29. The molecular weight excluding hydrogens is 384 g/mol. The molecule has 1 aliphatic rings. The maximum atomic E-state index is 5.93. The van der Waals surface area contributed by atoms with E-state index in [0.29, 0.717) is 24.0 Å². The minimum Gasteiger partial charge on any atom is -0.490 e. The topological polar surface area (TPSA) is 18.5 Å². The third-order valence-corrected chi connectivity index (χ3v) is 5.28. The van der Waals surface area contributed by atoms with Gasteiger partial charge in [0.2, 0.25) is 0 Å². The molecule has 2 unspecified atom stereocenters. The summed E-state index contributed by atoms with van der Waals surface area (Å²) in [4.78, 5) is 0.327. The summed E-state index contributed by atoms with van der Waals surface area (Å²) in [5.41, 5.74) is 2.64. The Morgan fingerprint density at radius 3 is 2.60 bits per heavy atom. The lowest BCUT2D eigenvalue weighted by atomic mass is 10.0. The Balaban J connectivity index is 2.57. The molecule has 0 N–H and O–H groups in total. The minimum absolute atomic E-state index is 0.327. The minimum atomic E-state index is 0.327. The van der Waals surface area contributed by atoms with E-state index in [-0.39, 0.29) is 0 Å². The zero-order valence-corrected chi connectivity index (χ0v) is 15.5. The first kappa shape index (κ1) is 16.2. The Hall–Kier alpha value is -0.220. The summed E-state index contributed by atoms with van der Waals surface area (Å²) in [5.74, 6) is 2.48. The lowest BCUT2D eigenvalue weighted by Gasteiger charge is -2.21. The maximum Gasteiger partial charge on any atom is 0.165 e. The summed E-state index contributed by atoms with van der Waals surface area (Å²) in [5, 5.41) is 0. The average Bonchev–Trinajstić information content (AvgIpc) is 2.54. The smallest absolute Gasteiger partial charge is 0.165 e. The van der Waals surface area contributed by atoms with Gasteiger partial charge in [0.15, 0.2) is 11.5 Å². The predicted molar refractivity (Wildman–Crippen MR) is 90.3 cm³/mol. The summed E-state index contributed by atoms with van der Waals surface area (Å²) in [7, 11) is 0. The van der Waals surface area contributed by atoms with E-state index >= 15 is 0 Å². The van der Waals surface area contributed by atoms with Crippen molar-refractivity contribution in [3.8, 4) is 11.5 Å². The molecule has 0 aromatic heterocycles. The van der Waals surface area contributed by atoms with Crippen molar-refractivity contribution in [1.29, 1.82) is 0 Å². The van der Waals surface area contributed by atoms with Gasteiger partial charge in [-0.25, -0.2) is 0 Å². The molecule has 0 bridgehead atoms. The molecule has 1 aromatic carbocycles. The fourth-order valence-electron chi connectivity index (χ4n) is 2.79. The zero-order chi connectivity index (χ0) is 14.7. The summed E-state index contributed by atoms with van der Waals surface area (Å²) in [6, 6.07) is 2.06. The number of rotatable bonds is 4. The molecule has 0 fully saturated rings. The van der Waals surface area contributed by atoms with Crippen molar-refractivity contribution >= 4 is 31.9 Å². The predicted octanol–water partition coefficient (Wildman–Crippen LogP) is 5.65. The molecule has 1 aliphatic carbocycles. The quantitative estimate of drug-likeness (QED) is 0.475. The van der Waals surface area contributed by atoms with E-state index in [1.807, 2.05) is 13.8 Å². The number of fused-ring (bicyclic) bond motifs is 1. The van der Waals surface area contributed by atoms with Gasteiger partial charge in [-0.2, -0.15) is 0 Å². The van der Waals surface area contributed by atoms with E-state index in [4.69, 9.17) is 9.47 Å². The lowest BCUT2D eigenvalue weighted by Crippen LogP contribution is -2.06. The van der Waals surface area contributed by atoms with Crippen LogP contribution in [0.1, 0.15) is 49.6 Å². The van der Waals surface area contributed by atoms with Gasteiger partial charge in [0.1, 0.15) is 0 Å². The highest BCUT2D eigenvalue weighted by molar-refractivity contribution is 9.10. The van der Waals surface area contributed by atoms with Crippen LogP contribution in [0.3, 0.4) is 0 Å². The van der Waals surface area contributed by atoms with E-state index in [1.54, 1.807) is 0 Å². The van der Waals surface area contributed by atoms with Gasteiger partial charge in [0, 0.05) is 14.9 Å². The molecule has 2 rings (SSSR count). The van der Waals surface area contributed by atoms with Crippen LogP contribution in [-0.4, -0.2) is 13.2 Å². The Kier molecular flexibility index (Phi) is 5.79. The lowest BCUT2D eigenvalue weighted by molar-refractivity contribution is 0.284. The van der Waals surface area contributed by atoms with Crippen molar-refractivity contribution in [2.24, 2.45) is 5.92 Å². The monoisotopic (exact) mass is 404 g/mol. The molecule has 2 nitrogen and oxygen atoms in total. The van der Waals surface area contributed by atoms with Crippen LogP contribution in [0.2, 0.25) is 0 Å². The van der Waals surface area contributed by atoms with Crippen LogP contribution in [-0.2, 0) is 6.42 Å². The first-order valence-corrected chi connectivity index (χ1v) is 9.04. The Labute approximate surface area is 138 Å². The van der Waals surface area contributed by atoms with Gasteiger partial charge >= 0.3 is 0 Å². The number of benzene rings is 1. The Bertz CT molecular complexity index is 474. The molecule has 0 heterocycles. The molecule has 0 saturated carbocycles. The van der Waals surface area contributed by atoms with Crippen molar-refractivity contribution in [3.05, 3.63) is 21.7 Å². The Morgan fingerprint density at radius 1 is 1.25 bits per heavy atom. The molecule has 20 heavy (non-hydrogen) atoms. The van der Waals surface area contributed by atoms with Crippen LogP contribution in [0.15, 0.2) is 10.5 Å². The van der Waals surface area contributed by atoms with E-state index in [0.717, 1.165) is 28.8 Å². The van der Waals surface area contributed by atoms with Crippen LogP contribution >= 0.6 is 31.9 Å². The number of hydrogen-bond acceptors (Lipinski definition) is 2. The van der Waals surface area contributed by atoms with Crippen molar-refractivity contribution in [2.75, 3.05) is 13.2 Å². The molecule has 112 valence electrons. The van der Waals surface area contributed by atoms with Gasteiger partial charge in [-0.05, 0) is 50.7 Å². The third kappa shape index (κ3) is 3.33. The molecule has 0 amide bonds. The van der Waals surface area contributed by atoms with E-state index in [1.165, 1.54) is 17.5 Å². The van der Waals surface area contributed by atoms with Crippen LogP contribution in [0.25, 0.3) is 0 Å². The van der Waals surface area contributed by atoms with E-state index in [9.17, 15) is 0 Å². The standard InChI is InChI=1S/C16H22Br2O2/c1-4-19-14-9-12(17)11-7-6-10(3)8-13(18)15(11)16(14)20-5-2/h9-10,13H,4-8H2,1-3H3. The van der Waals surface area contributed by atoms with Crippen molar-refractivity contribution < 1.29 is 9.47 Å². The molecule has 0 radical (unpaired) electrons. The summed E-state index contributed by atoms with van der Waals surface area (Å²) < 4.78 is 12.8. The summed E-state index contributed by atoms with van der Waals surface area (Å²) in [6.45, 7) is 7.64. The van der Waals surface area contributed by atoms with Gasteiger partial charge in [-0.1, -0.05) is 38.8 Å². The molecule has 1 aromatic rings. The van der Waals surface area contributed by atoms with E-state index in [2.05, 4.69) is 44.8 Å². The van der Waals surface area contributed by atoms with Crippen LogP contribution in [0.5, 0.6) is 11.5 Å². The molecular formula is C16H22Br2O2. The SMILES string of the molecule is CCOc1cc(Br)c2c(c1OCC)C(Br)CC(C)CC2. The molecule has 0 spiro atoms. The van der Waals surface area contributed by atoms with Crippen LogP contribution in [0.4, 0.5) is 0 Å². The molecule has 0 saturated heterocycles. The van der Waals surface area contributed by atoms with Crippen molar-refractivity contribution in [3.63, 3.8) is 0 Å². The fourth-order valence-corrected chi connectivity index (χ4v) is 4.53. The largest absolute Gasteiger partial charge is 0.490 e.